The second kappa shape index (κ2) is 6.85. The number of aromatic nitrogens is 1. The minimum absolute atomic E-state index is 0.430. The van der Waals surface area contributed by atoms with Crippen LogP contribution < -0.4 is 5.32 Å². The van der Waals surface area contributed by atoms with Crippen molar-refractivity contribution >= 4 is 11.8 Å². The molecule has 1 N–H and O–H groups in total. The molecule has 1 rings (SSSR count). The van der Waals surface area contributed by atoms with E-state index in [9.17, 15) is 0 Å². The molecular weight excluding hydrogens is 192 g/mol. The predicted octanol–water partition coefficient (Wildman–Crippen LogP) is 2.49. The van der Waals surface area contributed by atoms with Crippen LogP contribution in [0.2, 0.25) is 0 Å². The Hall–Kier alpha value is -0.540. The van der Waals surface area contributed by atoms with Gasteiger partial charge in [0, 0.05) is 18.4 Å². The van der Waals surface area contributed by atoms with Crippen LogP contribution in [0.4, 0.5) is 0 Å². The maximum atomic E-state index is 4.01. The van der Waals surface area contributed by atoms with Crippen LogP contribution in [-0.4, -0.2) is 23.5 Å². The predicted molar refractivity (Wildman–Crippen MR) is 63.7 cm³/mol. The molecule has 3 heteroatoms. The Balaban J connectivity index is 2.25. The molecular formula is C11H18N2S. The molecule has 0 aromatic carbocycles. The Bertz CT molecular complexity index is 238. The molecule has 1 aromatic rings. The molecule has 0 bridgehead atoms. The monoisotopic (exact) mass is 210 g/mol. The van der Waals surface area contributed by atoms with Gasteiger partial charge < -0.3 is 5.32 Å². The Morgan fingerprint density at radius 3 is 2.79 bits per heavy atom. The van der Waals surface area contributed by atoms with Crippen molar-refractivity contribution in [2.24, 2.45) is 0 Å². The van der Waals surface area contributed by atoms with Crippen LogP contribution in [0, 0.1) is 0 Å². The van der Waals surface area contributed by atoms with Crippen molar-refractivity contribution in [1.82, 2.24) is 10.3 Å². The first kappa shape index (κ1) is 11.5. The number of hydrogen-bond donors (Lipinski definition) is 1. The van der Waals surface area contributed by atoms with Crippen LogP contribution in [0.3, 0.4) is 0 Å². The molecule has 2 nitrogen and oxygen atoms in total. The molecule has 0 saturated heterocycles. The largest absolute Gasteiger partial charge is 0.310 e. The van der Waals surface area contributed by atoms with Gasteiger partial charge in [-0.1, -0.05) is 0 Å². The Kier molecular flexibility index (Phi) is 5.64. The van der Waals surface area contributed by atoms with E-state index in [1.807, 2.05) is 24.2 Å². The molecule has 0 aliphatic heterocycles. The third-order valence-corrected chi connectivity index (χ3v) is 2.88. The van der Waals surface area contributed by atoms with Gasteiger partial charge in [0.05, 0.1) is 0 Å². The maximum absolute atomic E-state index is 4.01. The first-order chi connectivity index (χ1) is 6.84. The minimum Gasteiger partial charge on any atom is -0.310 e. The van der Waals surface area contributed by atoms with Crippen LogP contribution in [-0.2, 0) is 0 Å². The zero-order chi connectivity index (χ0) is 10.2. The van der Waals surface area contributed by atoms with E-state index in [2.05, 4.69) is 35.6 Å². The topological polar surface area (TPSA) is 24.9 Å². The lowest BCUT2D eigenvalue weighted by Crippen LogP contribution is -2.20. The quantitative estimate of drug-likeness (QED) is 0.730. The van der Waals surface area contributed by atoms with Gasteiger partial charge in [0.15, 0.2) is 0 Å². The summed E-state index contributed by atoms with van der Waals surface area (Å²) in [6.07, 6.45) is 7.06. The highest BCUT2D eigenvalue weighted by Gasteiger charge is 2.02. The molecule has 0 aliphatic carbocycles. The fourth-order valence-electron chi connectivity index (χ4n) is 1.31. The lowest BCUT2D eigenvalue weighted by atomic mass is 10.1. The molecule has 0 fully saturated rings. The zero-order valence-corrected chi connectivity index (χ0v) is 9.68. The van der Waals surface area contributed by atoms with E-state index in [1.165, 1.54) is 17.7 Å². The van der Waals surface area contributed by atoms with E-state index in [0.717, 1.165) is 6.54 Å². The number of nitrogens with zero attached hydrogens (tertiary/aromatic N) is 1. The molecule has 0 unspecified atom stereocenters. The normalized spacial score (nSPS) is 12.7. The molecule has 1 heterocycles. The van der Waals surface area contributed by atoms with E-state index in [0.29, 0.717) is 6.04 Å². The lowest BCUT2D eigenvalue weighted by molar-refractivity contribution is 0.572. The number of rotatable bonds is 6. The molecule has 0 spiro atoms. The van der Waals surface area contributed by atoms with Gasteiger partial charge in [-0.3, -0.25) is 4.98 Å². The van der Waals surface area contributed by atoms with Crippen molar-refractivity contribution in [3.05, 3.63) is 30.1 Å². The molecule has 1 atom stereocenters. The van der Waals surface area contributed by atoms with Gasteiger partial charge in [0.1, 0.15) is 0 Å². The van der Waals surface area contributed by atoms with Gasteiger partial charge >= 0.3 is 0 Å². The average Bonchev–Trinajstić information content (AvgIpc) is 2.25. The minimum atomic E-state index is 0.430. The Morgan fingerprint density at radius 2 is 2.14 bits per heavy atom. The summed E-state index contributed by atoms with van der Waals surface area (Å²) in [4.78, 5) is 4.01. The fraction of sp³-hybridized carbons (Fsp3) is 0.545. The summed E-state index contributed by atoms with van der Waals surface area (Å²) in [6.45, 7) is 3.28. The first-order valence-corrected chi connectivity index (χ1v) is 6.36. The number of hydrogen-bond acceptors (Lipinski definition) is 3. The number of thioether (sulfide) groups is 1. The average molecular weight is 210 g/mol. The van der Waals surface area contributed by atoms with Crippen molar-refractivity contribution in [3.63, 3.8) is 0 Å². The highest BCUT2D eigenvalue weighted by atomic mass is 32.2. The third kappa shape index (κ3) is 4.11. The fourth-order valence-corrected chi connectivity index (χ4v) is 1.74. The third-order valence-electron chi connectivity index (χ3n) is 2.18. The summed E-state index contributed by atoms with van der Waals surface area (Å²) < 4.78 is 0. The van der Waals surface area contributed by atoms with Crippen LogP contribution in [0.15, 0.2) is 24.5 Å². The van der Waals surface area contributed by atoms with Gasteiger partial charge in [-0.2, -0.15) is 11.8 Å². The second-order valence-electron chi connectivity index (χ2n) is 3.30. The van der Waals surface area contributed by atoms with Crippen LogP contribution >= 0.6 is 11.8 Å². The van der Waals surface area contributed by atoms with E-state index in [1.54, 1.807) is 0 Å². The van der Waals surface area contributed by atoms with Crippen molar-refractivity contribution < 1.29 is 0 Å². The Morgan fingerprint density at radius 1 is 1.43 bits per heavy atom. The van der Waals surface area contributed by atoms with Gasteiger partial charge in [-0.05, 0) is 49.6 Å². The van der Waals surface area contributed by atoms with Gasteiger partial charge in [0.25, 0.3) is 0 Å². The van der Waals surface area contributed by atoms with Crippen molar-refractivity contribution in [1.29, 1.82) is 0 Å². The molecule has 0 saturated carbocycles. The summed E-state index contributed by atoms with van der Waals surface area (Å²) in [5, 5.41) is 3.49. The lowest BCUT2D eigenvalue weighted by Gasteiger charge is -2.13. The standard InChI is InChI=1S/C11H18N2S/c1-10(13-6-3-9-14-2)11-4-7-12-8-5-11/h4-5,7-8,10,13H,3,6,9H2,1-2H3/t10-/m0/s1. The van der Waals surface area contributed by atoms with Crippen molar-refractivity contribution in [2.75, 3.05) is 18.6 Å². The van der Waals surface area contributed by atoms with E-state index in [4.69, 9.17) is 0 Å². The summed E-state index contributed by atoms with van der Waals surface area (Å²) in [7, 11) is 0. The number of pyridine rings is 1. The van der Waals surface area contributed by atoms with Crippen molar-refractivity contribution in [2.45, 2.75) is 19.4 Å². The SMILES string of the molecule is CSCCCN[C@@H](C)c1ccncc1. The zero-order valence-electron chi connectivity index (χ0n) is 8.86. The molecule has 0 amide bonds. The smallest absolute Gasteiger partial charge is 0.0292 e. The van der Waals surface area contributed by atoms with Crippen LogP contribution in [0.5, 0.6) is 0 Å². The van der Waals surface area contributed by atoms with E-state index >= 15 is 0 Å². The van der Waals surface area contributed by atoms with E-state index in [-0.39, 0.29) is 0 Å². The number of nitrogens with one attached hydrogen (secondary N) is 1. The van der Waals surface area contributed by atoms with Gasteiger partial charge in [0.2, 0.25) is 0 Å². The highest BCUT2D eigenvalue weighted by molar-refractivity contribution is 7.98. The summed E-state index contributed by atoms with van der Waals surface area (Å²) >= 11 is 1.90. The van der Waals surface area contributed by atoms with Crippen LogP contribution in [0.25, 0.3) is 0 Å². The molecule has 0 radical (unpaired) electrons. The molecule has 78 valence electrons. The molecule has 0 aliphatic rings. The van der Waals surface area contributed by atoms with Gasteiger partial charge in [-0.25, -0.2) is 0 Å². The summed E-state index contributed by atoms with van der Waals surface area (Å²) in [6, 6.07) is 4.55. The second-order valence-corrected chi connectivity index (χ2v) is 4.29. The summed E-state index contributed by atoms with van der Waals surface area (Å²) in [5.74, 6) is 1.23. The Labute approximate surface area is 90.5 Å². The first-order valence-electron chi connectivity index (χ1n) is 4.97. The van der Waals surface area contributed by atoms with Gasteiger partial charge in [-0.15, -0.1) is 0 Å². The van der Waals surface area contributed by atoms with E-state index < -0.39 is 0 Å². The summed E-state index contributed by atoms with van der Waals surface area (Å²) in [5.41, 5.74) is 1.31. The maximum Gasteiger partial charge on any atom is 0.0292 e. The highest BCUT2D eigenvalue weighted by Crippen LogP contribution is 2.09. The molecule has 14 heavy (non-hydrogen) atoms. The van der Waals surface area contributed by atoms with Crippen molar-refractivity contribution in [3.8, 4) is 0 Å². The molecule has 1 aromatic heterocycles. The van der Waals surface area contributed by atoms with Crippen LogP contribution in [0.1, 0.15) is 24.9 Å².